The van der Waals surface area contributed by atoms with Crippen molar-refractivity contribution in [2.75, 3.05) is 13.1 Å². The number of hydrogen-bond acceptors (Lipinski definition) is 4. The number of carbonyl (C=O) groups excluding carboxylic acids is 1. The van der Waals surface area contributed by atoms with Gasteiger partial charge in [0.1, 0.15) is 0 Å². The molecule has 6 heteroatoms. The molecule has 1 amide bonds. The van der Waals surface area contributed by atoms with Crippen molar-refractivity contribution < 1.29 is 4.79 Å². The maximum Gasteiger partial charge on any atom is 0.276 e. The summed E-state index contributed by atoms with van der Waals surface area (Å²) in [6.45, 7) is 10.8. The summed E-state index contributed by atoms with van der Waals surface area (Å²) in [7, 11) is 0. The van der Waals surface area contributed by atoms with E-state index in [4.69, 9.17) is 0 Å². The van der Waals surface area contributed by atoms with E-state index in [0.29, 0.717) is 23.7 Å². The Labute approximate surface area is 120 Å². The van der Waals surface area contributed by atoms with Crippen LogP contribution in [0.25, 0.3) is 0 Å². The van der Waals surface area contributed by atoms with E-state index in [-0.39, 0.29) is 5.91 Å². The van der Waals surface area contributed by atoms with Gasteiger partial charge >= 0.3 is 0 Å². The molecular weight excluding hydrogens is 254 g/mol. The third-order valence-corrected chi connectivity index (χ3v) is 3.54. The van der Waals surface area contributed by atoms with Crippen molar-refractivity contribution in [2.45, 2.75) is 52.7 Å². The van der Waals surface area contributed by atoms with Gasteiger partial charge in [0.05, 0.1) is 6.20 Å². The first-order valence-corrected chi connectivity index (χ1v) is 7.41. The third kappa shape index (κ3) is 3.79. The molecular formula is C14H25N5O. The van der Waals surface area contributed by atoms with Crippen LogP contribution in [0.2, 0.25) is 0 Å². The summed E-state index contributed by atoms with van der Waals surface area (Å²) < 4.78 is 1.77. The first-order valence-electron chi connectivity index (χ1n) is 7.41. The molecule has 0 spiro atoms. The van der Waals surface area contributed by atoms with Gasteiger partial charge in [0, 0.05) is 31.7 Å². The molecule has 0 saturated carbocycles. The lowest BCUT2D eigenvalue weighted by Crippen LogP contribution is -2.55. The topological polar surface area (TPSA) is 63.1 Å². The molecule has 2 atom stereocenters. The molecule has 0 radical (unpaired) electrons. The van der Waals surface area contributed by atoms with Crippen LogP contribution < -0.4 is 5.32 Å². The minimum Gasteiger partial charge on any atom is -0.334 e. The van der Waals surface area contributed by atoms with Gasteiger partial charge in [-0.25, -0.2) is 0 Å². The van der Waals surface area contributed by atoms with Crippen LogP contribution in [0.5, 0.6) is 0 Å². The number of amides is 1. The van der Waals surface area contributed by atoms with E-state index >= 15 is 0 Å². The fraction of sp³-hybridized carbons (Fsp3) is 0.786. The molecule has 6 nitrogen and oxygen atoms in total. The predicted molar refractivity (Wildman–Crippen MR) is 77.4 cm³/mol. The number of rotatable bonds is 4. The third-order valence-electron chi connectivity index (χ3n) is 3.54. The van der Waals surface area contributed by atoms with Crippen LogP contribution in [-0.4, -0.2) is 51.0 Å². The molecule has 0 unspecified atom stereocenters. The highest BCUT2D eigenvalue weighted by atomic mass is 16.2. The number of aromatic nitrogens is 3. The second-order valence-corrected chi connectivity index (χ2v) is 6.23. The van der Waals surface area contributed by atoms with E-state index in [1.165, 1.54) is 0 Å². The largest absolute Gasteiger partial charge is 0.334 e. The Bertz CT molecular complexity index is 446. The number of piperazine rings is 1. The maximum absolute atomic E-state index is 12.4. The van der Waals surface area contributed by atoms with Gasteiger partial charge in [-0.1, -0.05) is 19.1 Å². The maximum atomic E-state index is 12.4. The van der Waals surface area contributed by atoms with E-state index in [1.54, 1.807) is 10.9 Å². The lowest BCUT2D eigenvalue weighted by molar-refractivity contribution is 0.0667. The fourth-order valence-electron chi connectivity index (χ4n) is 2.55. The number of nitrogens with one attached hydrogen (secondary N) is 1. The average Bonchev–Trinajstić information content (AvgIpc) is 2.83. The lowest BCUT2D eigenvalue weighted by Gasteiger charge is -2.35. The summed E-state index contributed by atoms with van der Waals surface area (Å²) in [6, 6.07) is 0.636. The zero-order valence-electron chi connectivity index (χ0n) is 12.8. The molecule has 112 valence electrons. The van der Waals surface area contributed by atoms with E-state index in [1.807, 2.05) is 4.90 Å². The smallest absolute Gasteiger partial charge is 0.276 e. The van der Waals surface area contributed by atoms with Gasteiger partial charge in [0.15, 0.2) is 5.69 Å². The van der Waals surface area contributed by atoms with Crippen molar-refractivity contribution in [1.82, 2.24) is 25.2 Å². The molecule has 1 aromatic heterocycles. The summed E-state index contributed by atoms with van der Waals surface area (Å²) in [5.41, 5.74) is 0.454. The van der Waals surface area contributed by atoms with Crippen molar-refractivity contribution in [3.8, 4) is 0 Å². The normalized spacial score (nSPS) is 23.4. The fourth-order valence-corrected chi connectivity index (χ4v) is 2.55. The molecule has 1 saturated heterocycles. The van der Waals surface area contributed by atoms with Crippen molar-refractivity contribution in [3.05, 3.63) is 11.9 Å². The molecule has 0 bridgehead atoms. The number of carbonyl (C=O) groups is 1. The SMILES string of the molecule is CC(C)CCn1cc(C(=O)N2C[C@@H](C)N[C@@H](C)C2)nn1. The minimum atomic E-state index is -0.0130. The van der Waals surface area contributed by atoms with Gasteiger partial charge in [-0.3, -0.25) is 9.48 Å². The molecule has 0 aliphatic carbocycles. The van der Waals surface area contributed by atoms with Crippen LogP contribution in [0.15, 0.2) is 6.20 Å². The van der Waals surface area contributed by atoms with Gasteiger partial charge in [0.25, 0.3) is 5.91 Å². The summed E-state index contributed by atoms with van der Waals surface area (Å²) >= 11 is 0. The van der Waals surface area contributed by atoms with Crippen LogP contribution in [0.1, 0.15) is 44.6 Å². The van der Waals surface area contributed by atoms with Gasteiger partial charge in [0.2, 0.25) is 0 Å². The van der Waals surface area contributed by atoms with Gasteiger partial charge < -0.3 is 10.2 Å². The van der Waals surface area contributed by atoms with E-state index in [2.05, 4.69) is 43.3 Å². The molecule has 1 aromatic rings. The highest BCUT2D eigenvalue weighted by molar-refractivity contribution is 5.92. The van der Waals surface area contributed by atoms with Crippen LogP contribution in [0.3, 0.4) is 0 Å². The Kier molecular flexibility index (Phi) is 4.75. The Morgan fingerprint density at radius 1 is 1.40 bits per heavy atom. The van der Waals surface area contributed by atoms with Crippen molar-refractivity contribution in [1.29, 1.82) is 0 Å². The minimum absolute atomic E-state index is 0.0130. The van der Waals surface area contributed by atoms with Gasteiger partial charge in [-0.05, 0) is 26.2 Å². The zero-order chi connectivity index (χ0) is 14.7. The first-order chi connectivity index (χ1) is 9.45. The lowest BCUT2D eigenvalue weighted by atomic mass is 10.1. The monoisotopic (exact) mass is 279 g/mol. The number of nitrogens with zero attached hydrogens (tertiary/aromatic N) is 4. The van der Waals surface area contributed by atoms with Crippen molar-refractivity contribution >= 4 is 5.91 Å². The Morgan fingerprint density at radius 3 is 2.65 bits per heavy atom. The van der Waals surface area contributed by atoms with Crippen LogP contribution in [0, 0.1) is 5.92 Å². The molecule has 1 aliphatic rings. The highest BCUT2D eigenvalue weighted by Gasteiger charge is 2.27. The first kappa shape index (κ1) is 15.0. The van der Waals surface area contributed by atoms with Gasteiger partial charge in [-0.2, -0.15) is 0 Å². The molecule has 1 N–H and O–H groups in total. The summed E-state index contributed by atoms with van der Waals surface area (Å²) in [5.74, 6) is 0.606. The van der Waals surface area contributed by atoms with Crippen molar-refractivity contribution in [2.24, 2.45) is 5.92 Å². The van der Waals surface area contributed by atoms with Crippen LogP contribution >= 0.6 is 0 Å². The molecule has 1 fully saturated rings. The molecule has 1 aliphatic heterocycles. The molecule has 20 heavy (non-hydrogen) atoms. The predicted octanol–water partition coefficient (Wildman–Crippen LogP) is 1.15. The van der Waals surface area contributed by atoms with Crippen LogP contribution in [0.4, 0.5) is 0 Å². The Morgan fingerprint density at radius 2 is 2.05 bits per heavy atom. The molecule has 0 aromatic carbocycles. The Hall–Kier alpha value is -1.43. The van der Waals surface area contributed by atoms with Gasteiger partial charge in [-0.15, -0.1) is 5.10 Å². The second kappa shape index (κ2) is 6.35. The number of aryl methyl sites for hydroxylation is 1. The summed E-state index contributed by atoms with van der Waals surface area (Å²) in [6.07, 6.45) is 2.81. The quantitative estimate of drug-likeness (QED) is 0.898. The molecule has 2 heterocycles. The van der Waals surface area contributed by atoms with E-state index < -0.39 is 0 Å². The van der Waals surface area contributed by atoms with E-state index in [9.17, 15) is 4.79 Å². The van der Waals surface area contributed by atoms with Crippen molar-refractivity contribution in [3.63, 3.8) is 0 Å². The average molecular weight is 279 g/mol. The summed E-state index contributed by atoms with van der Waals surface area (Å²) in [5, 5.41) is 11.5. The highest BCUT2D eigenvalue weighted by Crippen LogP contribution is 2.09. The van der Waals surface area contributed by atoms with Crippen LogP contribution in [-0.2, 0) is 6.54 Å². The second-order valence-electron chi connectivity index (χ2n) is 6.23. The Balaban J connectivity index is 1.98. The standard InChI is InChI=1S/C14H25N5O/c1-10(2)5-6-19-9-13(16-17-19)14(20)18-7-11(3)15-12(4)8-18/h9-12,15H,5-8H2,1-4H3/t11-,12+. The summed E-state index contributed by atoms with van der Waals surface area (Å²) in [4.78, 5) is 14.3. The van der Waals surface area contributed by atoms with E-state index in [0.717, 1.165) is 26.1 Å². The number of hydrogen-bond donors (Lipinski definition) is 1. The molecule has 2 rings (SSSR count). The zero-order valence-corrected chi connectivity index (χ0v) is 12.8.